The summed E-state index contributed by atoms with van der Waals surface area (Å²) in [7, 11) is 1.57. The summed E-state index contributed by atoms with van der Waals surface area (Å²) in [6.07, 6.45) is 0.415. The van der Waals surface area contributed by atoms with Gasteiger partial charge in [0.25, 0.3) is 5.91 Å². The molecule has 1 aliphatic heterocycles. The van der Waals surface area contributed by atoms with E-state index >= 15 is 0 Å². The maximum absolute atomic E-state index is 12.5. The summed E-state index contributed by atoms with van der Waals surface area (Å²) in [5, 5.41) is 0.520. The highest BCUT2D eigenvalue weighted by Crippen LogP contribution is 2.20. The van der Waals surface area contributed by atoms with Gasteiger partial charge in [0.2, 0.25) is 5.91 Å². The minimum Gasteiger partial charge on any atom is -0.481 e. The quantitative estimate of drug-likeness (QED) is 0.645. The molecule has 2 amide bonds. The van der Waals surface area contributed by atoms with E-state index in [-0.39, 0.29) is 30.2 Å². The molecular formula is C20H27ClN2O5. The summed E-state index contributed by atoms with van der Waals surface area (Å²) in [6, 6.07) is 6.80. The van der Waals surface area contributed by atoms with Gasteiger partial charge >= 0.3 is 5.97 Å². The van der Waals surface area contributed by atoms with Gasteiger partial charge in [-0.15, -0.1) is 0 Å². The third kappa shape index (κ3) is 6.12. The Bertz CT molecular complexity index is 704. The molecule has 1 fully saturated rings. The molecule has 1 heterocycles. The first kappa shape index (κ1) is 22.0. The number of hydrogen-bond donors (Lipinski definition) is 0. The molecule has 0 spiro atoms. The molecule has 0 aromatic heterocycles. The Labute approximate surface area is 170 Å². The fourth-order valence-corrected chi connectivity index (χ4v) is 3.29. The summed E-state index contributed by atoms with van der Waals surface area (Å²) in [5.41, 5.74) is 0. The molecule has 154 valence electrons. The smallest absolute Gasteiger partial charge is 0.309 e. The number of carbonyl (C=O) groups excluding carboxylic acids is 3. The summed E-state index contributed by atoms with van der Waals surface area (Å²) in [5.74, 6) is -0.305. The molecular weight excluding hydrogens is 384 g/mol. The lowest BCUT2D eigenvalue weighted by molar-refractivity contribution is -0.151. The van der Waals surface area contributed by atoms with Crippen molar-refractivity contribution in [1.82, 2.24) is 9.80 Å². The molecule has 8 heteroatoms. The molecule has 0 saturated carbocycles. The number of benzene rings is 1. The van der Waals surface area contributed by atoms with Crippen LogP contribution < -0.4 is 4.74 Å². The molecule has 0 bridgehead atoms. The molecule has 1 aromatic carbocycles. The third-order valence-corrected chi connectivity index (χ3v) is 4.91. The zero-order valence-corrected chi connectivity index (χ0v) is 17.3. The van der Waals surface area contributed by atoms with Crippen molar-refractivity contribution in [1.29, 1.82) is 0 Å². The number of hydrogen-bond acceptors (Lipinski definition) is 5. The van der Waals surface area contributed by atoms with Crippen molar-refractivity contribution in [2.24, 2.45) is 5.92 Å². The van der Waals surface area contributed by atoms with Crippen LogP contribution in [0, 0.1) is 5.92 Å². The van der Waals surface area contributed by atoms with E-state index < -0.39 is 6.10 Å². The van der Waals surface area contributed by atoms with Gasteiger partial charge < -0.3 is 19.3 Å². The molecule has 1 unspecified atom stereocenters. The van der Waals surface area contributed by atoms with Gasteiger partial charge in [0.1, 0.15) is 5.75 Å². The minimum absolute atomic E-state index is 0.0356. The van der Waals surface area contributed by atoms with E-state index in [0.717, 1.165) is 0 Å². The van der Waals surface area contributed by atoms with Crippen LogP contribution in [-0.4, -0.2) is 67.0 Å². The Morgan fingerprint density at radius 1 is 1.29 bits per heavy atom. The first-order valence-electron chi connectivity index (χ1n) is 9.43. The number of amides is 2. The number of esters is 1. The number of halogens is 1. The van der Waals surface area contributed by atoms with Crippen molar-refractivity contribution in [3.63, 3.8) is 0 Å². The van der Waals surface area contributed by atoms with Crippen LogP contribution in [0.25, 0.3) is 0 Å². The van der Waals surface area contributed by atoms with Crippen molar-refractivity contribution in [3.8, 4) is 5.75 Å². The minimum atomic E-state index is -0.745. The fraction of sp³-hybridized carbons (Fsp3) is 0.550. The van der Waals surface area contributed by atoms with Crippen LogP contribution in [0.3, 0.4) is 0 Å². The predicted molar refractivity (Wildman–Crippen MR) is 105 cm³/mol. The number of rotatable bonds is 7. The molecule has 1 aromatic rings. The van der Waals surface area contributed by atoms with Gasteiger partial charge in [0.05, 0.1) is 19.1 Å². The number of ether oxygens (including phenoxy) is 2. The highest BCUT2D eigenvalue weighted by Gasteiger charge is 2.29. The molecule has 0 radical (unpaired) electrons. The molecule has 2 rings (SSSR count). The second-order valence-corrected chi connectivity index (χ2v) is 7.26. The van der Waals surface area contributed by atoms with Crippen LogP contribution >= 0.6 is 11.6 Å². The van der Waals surface area contributed by atoms with E-state index in [2.05, 4.69) is 0 Å². The highest BCUT2D eigenvalue weighted by atomic mass is 35.5. The van der Waals surface area contributed by atoms with E-state index in [0.29, 0.717) is 43.3 Å². The van der Waals surface area contributed by atoms with E-state index in [4.69, 9.17) is 21.1 Å². The Balaban J connectivity index is 1.81. The van der Waals surface area contributed by atoms with E-state index in [9.17, 15) is 14.4 Å². The maximum atomic E-state index is 12.5. The fourth-order valence-electron chi connectivity index (χ4n) is 3.11. The molecule has 0 aliphatic carbocycles. The van der Waals surface area contributed by atoms with Crippen LogP contribution in [0.1, 0.15) is 26.7 Å². The summed E-state index contributed by atoms with van der Waals surface area (Å²) in [6.45, 7) is 4.71. The number of carbonyl (C=O) groups is 3. The van der Waals surface area contributed by atoms with Gasteiger partial charge in [0, 0.05) is 25.2 Å². The SMILES string of the molecule is CCOC(=O)C1CCN(C(=O)CN(C)C(=O)C(C)Oc2cccc(Cl)c2)CC1. The van der Waals surface area contributed by atoms with Gasteiger partial charge in [-0.05, 0) is 44.9 Å². The van der Waals surface area contributed by atoms with Crippen molar-refractivity contribution >= 4 is 29.4 Å². The number of nitrogens with zero attached hydrogens (tertiary/aromatic N) is 2. The first-order chi connectivity index (χ1) is 13.3. The molecule has 1 atom stereocenters. The van der Waals surface area contributed by atoms with E-state index in [1.165, 1.54) is 4.90 Å². The Morgan fingerprint density at radius 3 is 2.57 bits per heavy atom. The van der Waals surface area contributed by atoms with Crippen LogP contribution in [0.5, 0.6) is 5.75 Å². The maximum Gasteiger partial charge on any atom is 0.309 e. The Kier molecular flexibility index (Phi) is 8.11. The molecule has 0 N–H and O–H groups in total. The van der Waals surface area contributed by atoms with Crippen LogP contribution in [0.15, 0.2) is 24.3 Å². The lowest BCUT2D eigenvalue weighted by atomic mass is 9.97. The summed E-state index contributed by atoms with van der Waals surface area (Å²) >= 11 is 5.92. The average Bonchev–Trinajstić information content (AvgIpc) is 2.67. The second-order valence-electron chi connectivity index (χ2n) is 6.82. The van der Waals surface area contributed by atoms with Gasteiger partial charge in [-0.2, -0.15) is 0 Å². The second kappa shape index (κ2) is 10.3. The number of likely N-dealkylation sites (N-methyl/N-ethyl adjacent to an activating group) is 1. The Morgan fingerprint density at radius 2 is 1.96 bits per heavy atom. The normalized spacial score (nSPS) is 15.6. The predicted octanol–water partition coefficient (Wildman–Crippen LogP) is 2.37. The number of piperidine rings is 1. The molecule has 1 aliphatic rings. The van der Waals surface area contributed by atoms with Crippen LogP contribution in [-0.2, 0) is 19.1 Å². The van der Waals surface area contributed by atoms with Crippen LogP contribution in [0.4, 0.5) is 0 Å². The highest BCUT2D eigenvalue weighted by molar-refractivity contribution is 6.30. The van der Waals surface area contributed by atoms with Crippen molar-refractivity contribution < 1.29 is 23.9 Å². The first-order valence-corrected chi connectivity index (χ1v) is 9.81. The topological polar surface area (TPSA) is 76.2 Å². The lowest BCUT2D eigenvalue weighted by Gasteiger charge is -2.32. The summed E-state index contributed by atoms with van der Waals surface area (Å²) in [4.78, 5) is 39.8. The standard InChI is InChI=1S/C20H27ClN2O5/c1-4-27-20(26)15-8-10-23(11-9-15)18(24)13-22(3)19(25)14(2)28-17-7-5-6-16(21)12-17/h5-7,12,14-15H,4,8-11,13H2,1-3H3. The van der Waals surface area contributed by atoms with E-state index in [1.807, 2.05) is 0 Å². The van der Waals surface area contributed by atoms with Crippen molar-refractivity contribution in [2.45, 2.75) is 32.8 Å². The average molecular weight is 411 g/mol. The molecule has 7 nitrogen and oxygen atoms in total. The largest absolute Gasteiger partial charge is 0.481 e. The van der Waals surface area contributed by atoms with Crippen molar-refractivity contribution in [3.05, 3.63) is 29.3 Å². The monoisotopic (exact) mass is 410 g/mol. The van der Waals surface area contributed by atoms with E-state index in [1.54, 1.807) is 50.1 Å². The Hall–Kier alpha value is -2.28. The van der Waals surface area contributed by atoms with Gasteiger partial charge in [-0.25, -0.2) is 0 Å². The van der Waals surface area contributed by atoms with Gasteiger partial charge in [-0.1, -0.05) is 17.7 Å². The zero-order valence-electron chi connectivity index (χ0n) is 16.5. The van der Waals surface area contributed by atoms with Crippen LogP contribution in [0.2, 0.25) is 5.02 Å². The summed E-state index contributed by atoms with van der Waals surface area (Å²) < 4.78 is 10.7. The molecule has 28 heavy (non-hydrogen) atoms. The zero-order chi connectivity index (χ0) is 20.7. The third-order valence-electron chi connectivity index (χ3n) is 4.67. The number of likely N-dealkylation sites (tertiary alicyclic amines) is 1. The van der Waals surface area contributed by atoms with Gasteiger partial charge in [-0.3, -0.25) is 14.4 Å². The van der Waals surface area contributed by atoms with Gasteiger partial charge in [0.15, 0.2) is 6.10 Å². The molecule has 1 saturated heterocycles. The van der Waals surface area contributed by atoms with Crippen molar-refractivity contribution in [2.75, 3.05) is 33.3 Å². The lowest BCUT2D eigenvalue weighted by Crippen LogP contribution is -2.47.